The van der Waals surface area contributed by atoms with Crippen molar-refractivity contribution in [2.45, 2.75) is 17.9 Å². The summed E-state index contributed by atoms with van der Waals surface area (Å²) < 4.78 is 26.7. The predicted molar refractivity (Wildman–Crippen MR) is 94.5 cm³/mol. The van der Waals surface area contributed by atoms with Crippen molar-refractivity contribution in [3.8, 4) is 0 Å². The highest BCUT2D eigenvalue weighted by Crippen LogP contribution is 2.35. The van der Waals surface area contributed by atoms with Gasteiger partial charge in [0.05, 0.1) is 20.5 Å². The van der Waals surface area contributed by atoms with Gasteiger partial charge in [0.2, 0.25) is 5.24 Å². The molecule has 0 N–H and O–H groups in total. The Morgan fingerprint density at radius 3 is 2.32 bits per heavy atom. The molecule has 0 saturated heterocycles. The van der Waals surface area contributed by atoms with Gasteiger partial charge in [0.1, 0.15) is 6.04 Å². The van der Waals surface area contributed by atoms with Gasteiger partial charge in [0.15, 0.2) is 0 Å². The first kappa shape index (κ1) is 19.2. The summed E-state index contributed by atoms with van der Waals surface area (Å²) >= 11 is 11.6. The Kier molecular flexibility index (Phi) is 5.66. The number of anilines is 1. The monoisotopic (exact) mass is 402 g/mol. The van der Waals surface area contributed by atoms with E-state index in [4.69, 9.17) is 23.2 Å². The molecule has 1 atom stereocenters. The summed E-state index contributed by atoms with van der Waals surface area (Å²) in [5, 5.41) is 9.98. The molecule has 0 aliphatic heterocycles. The smallest absolute Gasteiger partial charge is 0.271 e. The third-order valence-electron chi connectivity index (χ3n) is 3.36. The fourth-order valence-corrected chi connectivity index (χ4v) is 4.19. The molecule has 132 valence electrons. The van der Waals surface area contributed by atoms with E-state index in [-0.39, 0.29) is 21.3 Å². The lowest BCUT2D eigenvalue weighted by Gasteiger charge is -2.28. The molecule has 0 bridgehead atoms. The van der Waals surface area contributed by atoms with E-state index in [9.17, 15) is 23.3 Å². The number of nitro benzene ring substituents is 1. The van der Waals surface area contributed by atoms with Crippen molar-refractivity contribution in [3.63, 3.8) is 0 Å². The molecule has 7 nitrogen and oxygen atoms in total. The highest BCUT2D eigenvalue weighted by molar-refractivity contribution is 7.93. The molecule has 10 heteroatoms. The number of non-ortho nitro benzene ring substituents is 1. The fraction of sp³-hybridized carbons (Fsp3) is 0.133. The summed E-state index contributed by atoms with van der Waals surface area (Å²) in [7, 11) is -4.24. The minimum Gasteiger partial charge on any atom is -0.279 e. The van der Waals surface area contributed by atoms with Gasteiger partial charge >= 0.3 is 0 Å². The molecule has 0 aromatic heterocycles. The van der Waals surface area contributed by atoms with Crippen LogP contribution in [0.25, 0.3) is 0 Å². The number of carbonyl (C=O) groups is 1. The van der Waals surface area contributed by atoms with Crippen LogP contribution in [-0.4, -0.2) is 24.6 Å². The minimum atomic E-state index is -4.24. The maximum Gasteiger partial charge on any atom is 0.271 e. The van der Waals surface area contributed by atoms with Crippen LogP contribution in [0, 0.1) is 10.1 Å². The number of benzene rings is 2. The van der Waals surface area contributed by atoms with Gasteiger partial charge in [-0.2, -0.15) is 0 Å². The molecule has 25 heavy (non-hydrogen) atoms. The first-order chi connectivity index (χ1) is 11.7. The lowest BCUT2D eigenvalue weighted by molar-refractivity contribution is -0.384. The van der Waals surface area contributed by atoms with E-state index < -0.39 is 26.2 Å². The van der Waals surface area contributed by atoms with E-state index in [1.54, 1.807) is 6.07 Å². The second kappa shape index (κ2) is 7.38. The van der Waals surface area contributed by atoms with Crippen molar-refractivity contribution in [2.75, 3.05) is 4.31 Å². The van der Waals surface area contributed by atoms with Crippen molar-refractivity contribution in [2.24, 2.45) is 0 Å². The van der Waals surface area contributed by atoms with Crippen LogP contribution in [0.2, 0.25) is 5.02 Å². The van der Waals surface area contributed by atoms with Gasteiger partial charge in [0, 0.05) is 12.1 Å². The van der Waals surface area contributed by atoms with Crippen molar-refractivity contribution in [1.82, 2.24) is 0 Å². The Bertz CT molecular complexity index is 919. The van der Waals surface area contributed by atoms with Gasteiger partial charge in [-0.05, 0) is 36.7 Å². The molecule has 0 spiro atoms. The molecular formula is C15H12Cl2N2O5S. The topological polar surface area (TPSA) is 97.6 Å². The molecule has 0 heterocycles. The van der Waals surface area contributed by atoms with Crippen molar-refractivity contribution in [3.05, 3.63) is 63.7 Å². The van der Waals surface area contributed by atoms with Crippen LogP contribution in [0.5, 0.6) is 0 Å². The summed E-state index contributed by atoms with van der Waals surface area (Å²) in [6.45, 7) is 1.27. The number of hydrogen-bond acceptors (Lipinski definition) is 5. The normalized spacial score (nSPS) is 12.4. The number of hydrogen-bond donors (Lipinski definition) is 0. The van der Waals surface area contributed by atoms with E-state index in [0.717, 1.165) is 12.1 Å². The lowest BCUT2D eigenvalue weighted by atomic mass is 10.2. The highest BCUT2D eigenvalue weighted by atomic mass is 35.5. The van der Waals surface area contributed by atoms with Gasteiger partial charge in [-0.3, -0.25) is 19.2 Å². The molecule has 2 rings (SSSR count). The minimum absolute atomic E-state index is 0.0742. The van der Waals surface area contributed by atoms with Gasteiger partial charge in [-0.1, -0.05) is 29.8 Å². The van der Waals surface area contributed by atoms with Crippen LogP contribution < -0.4 is 4.31 Å². The summed E-state index contributed by atoms with van der Waals surface area (Å²) in [4.78, 5) is 21.9. The molecule has 0 fully saturated rings. The fourth-order valence-electron chi connectivity index (χ4n) is 2.13. The second-order valence-corrected chi connectivity index (χ2v) is 7.58. The van der Waals surface area contributed by atoms with Gasteiger partial charge in [-0.25, -0.2) is 8.42 Å². The predicted octanol–water partition coefficient (Wildman–Crippen LogP) is 3.60. The van der Waals surface area contributed by atoms with Crippen LogP contribution in [0.15, 0.2) is 53.4 Å². The molecule has 2 aromatic rings. The molecule has 0 aliphatic carbocycles. The zero-order valence-electron chi connectivity index (χ0n) is 12.8. The van der Waals surface area contributed by atoms with Gasteiger partial charge in [-0.15, -0.1) is 0 Å². The summed E-state index contributed by atoms with van der Waals surface area (Å²) in [5.41, 5.74) is -0.580. The van der Waals surface area contributed by atoms with Crippen molar-refractivity contribution >= 4 is 49.8 Å². The third kappa shape index (κ3) is 3.92. The Labute approximate surface area is 154 Å². The molecule has 0 radical (unpaired) electrons. The Balaban J connectivity index is 2.73. The number of rotatable bonds is 6. The van der Waals surface area contributed by atoms with Crippen LogP contribution in [0.1, 0.15) is 6.92 Å². The largest absolute Gasteiger partial charge is 0.279 e. The van der Waals surface area contributed by atoms with E-state index in [1.807, 2.05) is 0 Å². The Hall–Kier alpha value is -2.16. The Morgan fingerprint density at radius 2 is 1.80 bits per heavy atom. The summed E-state index contributed by atoms with van der Waals surface area (Å²) in [5.74, 6) is 0. The van der Waals surface area contributed by atoms with Gasteiger partial charge < -0.3 is 0 Å². The van der Waals surface area contributed by atoms with E-state index in [2.05, 4.69) is 0 Å². The zero-order chi connectivity index (χ0) is 18.8. The maximum absolute atomic E-state index is 13.0. The average Bonchev–Trinajstić information content (AvgIpc) is 2.57. The van der Waals surface area contributed by atoms with Crippen molar-refractivity contribution in [1.29, 1.82) is 0 Å². The first-order valence-corrected chi connectivity index (χ1v) is 9.08. The molecule has 0 amide bonds. The van der Waals surface area contributed by atoms with Crippen LogP contribution in [0.4, 0.5) is 11.4 Å². The number of sulfonamides is 1. The highest BCUT2D eigenvalue weighted by Gasteiger charge is 2.34. The Morgan fingerprint density at radius 1 is 1.20 bits per heavy atom. The van der Waals surface area contributed by atoms with Crippen LogP contribution in [-0.2, 0) is 14.8 Å². The molecule has 1 unspecified atom stereocenters. The first-order valence-electron chi connectivity index (χ1n) is 6.89. The summed E-state index contributed by atoms with van der Waals surface area (Å²) in [6.07, 6.45) is 0. The maximum atomic E-state index is 13.0. The standard InChI is InChI=1S/C15H12Cl2N2O5S/c1-10(15(17)20)18(25(23,24)12-5-3-2-4-6-12)14-9-11(19(21)22)7-8-13(14)16/h2-10H,1H3. The third-order valence-corrected chi connectivity index (χ3v) is 5.89. The zero-order valence-corrected chi connectivity index (χ0v) is 15.1. The van der Waals surface area contributed by atoms with E-state index >= 15 is 0 Å². The number of halogens is 2. The van der Waals surface area contributed by atoms with Crippen LogP contribution in [0.3, 0.4) is 0 Å². The summed E-state index contributed by atoms with van der Waals surface area (Å²) in [6, 6.07) is 9.28. The molecular weight excluding hydrogens is 391 g/mol. The lowest BCUT2D eigenvalue weighted by Crippen LogP contribution is -2.42. The van der Waals surface area contributed by atoms with E-state index in [1.165, 1.54) is 37.3 Å². The molecule has 0 saturated carbocycles. The average molecular weight is 403 g/mol. The SMILES string of the molecule is CC(C(=O)Cl)N(c1cc([N+](=O)[O-])ccc1Cl)S(=O)(=O)c1ccccc1. The number of nitro groups is 1. The molecule has 0 aliphatic rings. The number of nitrogens with zero attached hydrogens (tertiary/aromatic N) is 2. The second-order valence-electron chi connectivity index (χ2n) is 4.99. The number of carbonyl (C=O) groups excluding carboxylic acids is 1. The quantitative estimate of drug-likeness (QED) is 0.417. The van der Waals surface area contributed by atoms with Crippen molar-refractivity contribution < 1.29 is 18.1 Å². The van der Waals surface area contributed by atoms with Crippen LogP contribution >= 0.6 is 23.2 Å². The van der Waals surface area contributed by atoms with Gasteiger partial charge in [0.25, 0.3) is 15.7 Å². The molecule has 2 aromatic carbocycles. The van der Waals surface area contributed by atoms with E-state index in [0.29, 0.717) is 4.31 Å².